The van der Waals surface area contributed by atoms with Crippen LogP contribution in [0.1, 0.15) is 25.3 Å². The summed E-state index contributed by atoms with van der Waals surface area (Å²) in [5.41, 5.74) is 1.83. The summed E-state index contributed by atoms with van der Waals surface area (Å²) in [7, 11) is 0. The van der Waals surface area contributed by atoms with Crippen LogP contribution in [0.25, 0.3) is 10.9 Å². The zero-order valence-corrected chi connectivity index (χ0v) is 16.1. The van der Waals surface area contributed by atoms with Crippen LogP contribution in [-0.4, -0.2) is 22.8 Å². The van der Waals surface area contributed by atoms with Crippen LogP contribution in [0, 0.1) is 0 Å². The van der Waals surface area contributed by atoms with Crippen LogP contribution < -0.4 is 15.0 Å². The summed E-state index contributed by atoms with van der Waals surface area (Å²) >= 11 is 1.57. The van der Waals surface area contributed by atoms with Crippen molar-refractivity contribution in [1.82, 2.24) is 9.55 Å². The number of benzene rings is 2. The van der Waals surface area contributed by atoms with Crippen molar-refractivity contribution in [2.75, 3.05) is 13.2 Å². The van der Waals surface area contributed by atoms with E-state index in [0.29, 0.717) is 30.9 Å². The van der Waals surface area contributed by atoms with Crippen LogP contribution in [-0.2, 0) is 12.3 Å². The van der Waals surface area contributed by atoms with Gasteiger partial charge in [0.05, 0.1) is 10.9 Å². The van der Waals surface area contributed by atoms with Crippen molar-refractivity contribution in [1.29, 1.82) is 0 Å². The van der Waals surface area contributed by atoms with Crippen LogP contribution in [0.3, 0.4) is 0 Å². The number of rotatable bonds is 6. The molecule has 1 aliphatic heterocycles. The molecule has 1 aromatic heterocycles. The lowest BCUT2D eigenvalue weighted by Gasteiger charge is -2.21. The van der Waals surface area contributed by atoms with Crippen LogP contribution in [0.2, 0.25) is 0 Å². The summed E-state index contributed by atoms with van der Waals surface area (Å²) in [6, 6.07) is 13.5. The van der Waals surface area contributed by atoms with E-state index in [9.17, 15) is 4.79 Å². The number of hydrogen-bond acceptors (Lipinski definition) is 5. The fourth-order valence-corrected chi connectivity index (χ4v) is 4.17. The molecule has 0 saturated heterocycles. The summed E-state index contributed by atoms with van der Waals surface area (Å²) in [6.07, 6.45) is 1.98. The van der Waals surface area contributed by atoms with E-state index in [0.717, 1.165) is 40.6 Å². The maximum absolute atomic E-state index is 13.0. The molecule has 0 bridgehead atoms. The Kier molecular flexibility index (Phi) is 5.34. The standard InChI is InChI=1S/C21H22N2O3S/c1-2-3-11-23-20(24)16-8-4-5-9-17(16)22-21(23)27-14-15-7-6-10-18-19(15)26-13-12-25-18/h4-10H,2-3,11-14H2,1H3. The lowest BCUT2D eigenvalue weighted by atomic mass is 10.2. The first kappa shape index (κ1) is 17.9. The minimum Gasteiger partial charge on any atom is -0.486 e. The summed E-state index contributed by atoms with van der Waals surface area (Å²) in [6.45, 7) is 3.94. The number of hydrogen-bond donors (Lipinski definition) is 0. The van der Waals surface area contributed by atoms with Gasteiger partial charge in [-0.25, -0.2) is 4.98 Å². The predicted octanol–water partition coefficient (Wildman–Crippen LogP) is 4.26. The number of nitrogens with zero attached hydrogens (tertiary/aromatic N) is 2. The molecule has 0 atom stereocenters. The summed E-state index contributed by atoms with van der Waals surface area (Å²) in [5, 5.41) is 1.42. The Morgan fingerprint density at radius 3 is 2.85 bits per heavy atom. The van der Waals surface area contributed by atoms with Crippen molar-refractivity contribution in [2.24, 2.45) is 0 Å². The Morgan fingerprint density at radius 2 is 1.96 bits per heavy atom. The van der Waals surface area contributed by atoms with E-state index in [1.165, 1.54) is 0 Å². The summed E-state index contributed by atoms with van der Waals surface area (Å²) < 4.78 is 13.3. The smallest absolute Gasteiger partial charge is 0.262 e. The van der Waals surface area contributed by atoms with Crippen molar-refractivity contribution in [3.8, 4) is 11.5 Å². The van der Waals surface area contributed by atoms with Crippen LogP contribution >= 0.6 is 11.8 Å². The van der Waals surface area contributed by atoms with Crippen molar-refractivity contribution in [3.05, 3.63) is 58.4 Å². The third-order valence-corrected chi connectivity index (χ3v) is 5.59. The van der Waals surface area contributed by atoms with E-state index in [1.807, 2.05) is 47.0 Å². The van der Waals surface area contributed by atoms with Gasteiger partial charge >= 0.3 is 0 Å². The van der Waals surface area contributed by atoms with E-state index in [4.69, 9.17) is 14.5 Å². The highest BCUT2D eigenvalue weighted by Crippen LogP contribution is 2.36. The highest BCUT2D eigenvalue weighted by molar-refractivity contribution is 7.98. The summed E-state index contributed by atoms with van der Waals surface area (Å²) in [5.74, 6) is 2.26. The topological polar surface area (TPSA) is 53.4 Å². The quantitative estimate of drug-likeness (QED) is 0.471. The molecular weight excluding hydrogens is 360 g/mol. The van der Waals surface area contributed by atoms with Crippen LogP contribution in [0.4, 0.5) is 0 Å². The molecule has 0 unspecified atom stereocenters. The Hall–Kier alpha value is -2.47. The highest BCUT2D eigenvalue weighted by atomic mass is 32.2. The van der Waals surface area contributed by atoms with Crippen molar-refractivity contribution in [3.63, 3.8) is 0 Å². The minimum absolute atomic E-state index is 0.0335. The van der Waals surface area contributed by atoms with Crippen molar-refractivity contribution < 1.29 is 9.47 Å². The maximum atomic E-state index is 13.0. The van der Waals surface area contributed by atoms with Gasteiger partial charge in [0.1, 0.15) is 13.2 Å². The molecule has 0 N–H and O–H groups in total. The number of aromatic nitrogens is 2. The van der Waals surface area contributed by atoms with E-state index in [2.05, 4.69) is 6.92 Å². The highest BCUT2D eigenvalue weighted by Gasteiger charge is 2.17. The average Bonchev–Trinajstić information content (AvgIpc) is 2.72. The first-order chi connectivity index (χ1) is 13.3. The van der Waals surface area contributed by atoms with E-state index in [1.54, 1.807) is 11.8 Å². The van der Waals surface area contributed by atoms with Crippen molar-refractivity contribution in [2.45, 2.75) is 37.2 Å². The Labute approximate surface area is 162 Å². The minimum atomic E-state index is 0.0335. The first-order valence-corrected chi connectivity index (χ1v) is 10.3. The molecule has 4 rings (SSSR count). The Bertz CT molecular complexity index is 1020. The predicted molar refractivity (Wildman–Crippen MR) is 108 cm³/mol. The van der Waals surface area contributed by atoms with Crippen molar-refractivity contribution >= 4 is 22.7 Å². The van der Waals surface area contributed by atoms with Gasteiger partial charge in [0.25, 0.3) is 5.56 Å². The fourth-order valence-electron chi connectivity index (χ4n) is 3.16. The Balaban J connectivity index is 1.68. The Morgan fingerprint density at radius 1 is 1.11 bits per heavy atom. The number of fused-ring (bicyclic) bond motifs is 2. The molecule has 0 amide bonds. The zero-order chi connectivity index (χ0) is 18.6. The van der Waals surface area contributed by atoms with Gasteiger partial charge in [0.15, 0.2) is 16.7 Å². The molecule has 27 heavy (non-hydrogen) atoms. The third-order valence-electron chi connectivity index (χ3n) is 4.57. The van der Waals surface area contributed by atoms with Gasteiger partial charge in [-0.05, 0) is 24.6 Å². The second-order valence-electron chi connectivity index (χ2n) is 6.45. The molecule has 5 nitrogen and oxygen atoms in total. The van der Waals surface area contributed by atoms with Gasteiger partial charge in [-0.1, -0.05) is 49.4 Å². The first-order valence-electron chi connectivity index (χ1n) is 9.28. The lowest BCUT2D eigenvalue weighted by Crippen LogP contribution is -2.23. The third kappa shape index (κ3) is 3.67. The molecule has 6 heteroatoms. The van der Waals surface area contributed by atoms with Crippen LogP contribution in [0.5, 0.6) is 11.5 Å². The van der Waals surface area contributed by atoms with E-state index in [-0.39, 0.29) is 5.56 Å². The van der Waals surface area contributed by atoms with E-state index >= 15 is 0 Å². The van der Waals surface area contributed by atoms with Gasteiger partial charge in [-0.2, -0.15) is 0 Å². The molecule has 2 aromatic carbocycles. The fraction of sp³-hybridized carbons (Fsp3) is 0.333. The molecule has 0 saturated carbocycles. The number of unbranched alkanes of at least 4 members (excludes halogenated alkanes) is 1. The molecule has 140 valence electrons. The van der Waals surface area contributed by atoms with Crippen LogP contribution in [0.15, 0.2) is 52.4 Å². The normalized spacial score (nSPS) is 13.1. The average molecular weight is 382 g/mol. The summed E-state index contributed by atoms with van der Waals surface area (Å²) in [4.78, 5) is 17.7. The molecule has 2 heterocycles. The molecule has 0 spiro atoms. The maximum Gasteiger partial charge on any atom is 0.262 e. The van der Waals surface area contributed by atoms with Gasteiger partial charge in [0, 0.05) is 17.9 Å². The molecule has 1 aliphatic rings. The number of ether oxygens (including phenoxy) is 2. The molecular formula is C21H22N2O3S. The molecule has 0 aliphatic carbocycles. The number of thioether (sulfide) groups is 1. The number of para-hydroxylation sites is 2. The second kappa shape index (κ2) is 8.05. The lowest BCUT2D eigenvalue weighted by molar-refractivity contribution is 0.170. The zero-order valence-electron chi connectivity index (χ0n) is 15.3. The van der Waals surface area contributed by atoms with Gasteiger partial charge in [0.2, 0.25) is 0 Å². The van der Waals surface area contributed by atoms with Gasteiger partial charge in [-0.15, -0.1) is 0 Å². The largest absolute Gasteiger partial charge is 0.486 e. The molecule has 0 radical (unpaired) electrons. The molecule has 3 aromatic rings. The molecule has 0 fully saturated rings. The van der Waals surface area contributed by atoms with Gasteiger partial charge < -0.3 is 9.47 Å². The monoisotopic (exact) mass is 382 g/mol. The van der Waals surface area contributed by atoms with Gasteiger partial charge in [-0.3, -0.25) is 9.36 Å². The SMILES string of the molecule is CCCCn1c(SCc2cccc3c2OCCO3)nc2ccccc2c1=O. The second-order valence-corrected chi connectivity index (χ2v) is 7.39. The van der Waals surface area contributed by atoms with E-state index < -0.39 is 0 Å².